The van der Waals surface area contributed by atoms with Gasteiger partial charge in [-0.3, -0.25) is 4.90 Å². The largest absolute Gasteiger partial charge is 0.488 e. The van der Waals surface area contributed by atoms with Gasteiger partial charge < -0.3 is 19.8 Å². The van der Waals surface area contributed by atoms with E-state index in [1.165, 1.54) is 49.0 Å². The molecule has 3 aromatic rings. The zero-order valence-electron chi connectivity index (χ0n) is 23.4. The number of likely N-dealkylation sites (tertiary alicyclic amines) is 1. The van der Waals surface area contributed by atoms with E-state index in [1.807, 2.05) is 6.07 Å². The molecule has 2 unspecified atom stereocenters. The normalized spacial score (nSPS) is 24.8. The van der Waals surface area contributed by atoms with Crippen molar-refractivity contribution in [3.8, 4) is 17.0 Å². The molecule has 0 spiro atoms. The first-order chi connectivity index (χ1) is 19.3. The molecule has 2 aliphatic heterocycles. The number of aromatic nitrogens is 1. The predicted octanol–water partition coefficient (Wildman–Crippen LogP) is 5.65. The van der Waals surface area contributed by atoms with Gasteiger partial charge in [-0.25, -0.2) is 9.78 Å². The molecule has 2 saturated heterocycles. The van der Waals surface area contributed by atoms with Crippen molar-refractivity contribution in [2.75, 3.05) is 31.1 Å². The summed E-state index contributed by atoms with van der Waals surface area (Å²) in [5.74, 6) is -0.835. The van der Waals surface area contributed by atoms with Crippen molar-refractivity contribution in [1.29, 1.82) is 0 Å². The highest BCUT2D eigenvalue weighted by Gasteiger charge is 2.58. The maximum absolute atomic E-state index is 11.8. The van der Waals surface area contributed by atoms with Gasteiger partial charge in [-0.05, 0) is 81.4 Å². The van der Waals surface area contributed by atoms with E-state index in [-0.39, 0.29) is 11.8 Å². The molecule has 2 aromatic carbocycles. The summed E-state index contributed by atoms with van der Waals surface area (Å²) < 4.78 is 6.40. The van der Waals surface area contributed by atoms with Crippen molar-refractivity contribution in [2.24, 2.45) is 11.8 Å². The SMILES string of the molecule is Cc1ccc(OCc2ccc(CN3CCCCC3)cc2C)c(-c2csc(N3CC4CCC(C3)C4(O)C(=O)O)n2)c1. The molecule has 7 nitrogen and oxygen atoms in total. The van der Waals surface area contributed by atoms with Gasteiger partial charge in [-0.2, -0.15) is 0 Å². The van der Waals surface area contributed by atoms with Crippen molar-refractivity contribution in [2.45, 2.75) is 64.7 Å². The molecule has 1 aromatic heterocycles. The van der Waals surface area contributed by atoms with Crippen molar-refractivity contribution in [3.05, 3.63) is 64.0 Å². The summed E-state index contributed by atoms with van der Waals surface area (Å²) in [6.07, 6.45) is 5.42. The van der Waals surface area contributed by atoms with Gasteiger partial charge in [0, 0.05) is 42.4 Å². The number of carboxylic acids is 1. The number of carbonyl (C=O) groups is 1. The Morgan fingerprint density at radius 3 is 2.52 bits per heavy atom. The van der Waals surface area contributed by atoms with Gasteiger partial charge in [0.2, 0.25) is 0 Å². The third-order valence-electron chi connectivity index (χ3n) is 9.15. The highest BCUT2D eigenvalue weighted by atomic mass is 32.1. The zero-order valence-corrected chi connectivity index (χ0v) is 24.3. The molecule has 0 amide bonds. The first kappa shape index (κ1) is 27.2. The van der Waals surface area contributed by atoms with E-state index in [4.69, 9.17) is 9.72 Å². The van der Waals surface area contributed by atoms with Gasteiger partial charge >= 0.3 is 5.97 Å². The molecular weight excluding hydrogens is 522 g/mol. The van der Waals surface area contributed by atoms with Crippen LogP contribution in [0.15, 0.2) is 41.8 Å². The number of fused-ring (bicyclic) bond motifs is 2. The molecule has 1 saturated carbocycles. The third kappa shape index (κ3) is 5.24. The quantitative estimate of drug-likeness (QED) is 0.367. The fourth-order valence-corrected chi connectivity index (χ4v) is 7.65. The molecule has 2 bridgehead atoms. The van der Waals surface area contributed by atoms with Crippen LogP contribution in [0.2, 0.25) is 0 Å². The fraction of sp³-hybridized carbons (Fsp3) is 0.500. The van der Waals surface area contributed by atoms with E-state index in [1.54, 1.807) is 11.3 Å². The molecule has 40 heavy (non-hydrogen) atoms. The molecule has 2 atom stereocenters. The molecule has 6 rings (SSSR count). The van der Waals surface area contributed by atoms with E-state index < -0.39 is 11.6 Å². The van der Waals surface area contributed by atoms with Crippen LogP contribution >= 0.6 is 11.3 Å². The van der Waals surface area contributed by atoms with Gasteiger partial charge in [0.1, 0.15) is 12.4 Å². The number of nitrogens with zero attached hydrogens (tertiary/aromatic N) is 3. The van der Waals surface area contributed by atoms with Gasteiger partial charge in [0.05, 0.1) is 5.69 Å². The van der Waals surface area contributed by atoms with Crippen molar-refractivity contribution in [1.82, 2.24) is 9.88 Å². The Balaban J connectivity index is 1.15. The maximum atomic E-state index is 11.8. The van der Waals surface area contributed by atoms with E-state index in [0.717, 1.165) is 47.1 Å². The van der Waals surface area contributed by atoms with Crippen LogP contribution in [-0.2, 0) is 17.9 Å². The van der Waals surface area contributed by atoms with Crippen LogP contribution in [0.4, 0.5) is 5.13 Å². The van der Waals surface area contributed by atoms with Crippen LogP contribution in [0.25, 0.3) is 11.3 Å². The second-order valence-corrected chi connectivity index (χ2v) is 12.7. The summed E-state index contributed by atoms with van der Waals surface area (Å²) in [6, 6.07) is 12.9. The number of benzene rings is 2. The minimum Gasteiger partial charge on any atom is -0.488 e. The second kappa shape index (κ2) is 11.1. The lowest BCUT2D eigenvalue weighted by Gasteiger charge is -2.41. The van der Waals surface area contributed by atoms with E-state index in [9.17, 15) is 15.0 Å². The Bertz CT molecular complexity index is 1370. The van der Waals surface area contributed by atoms with Crippen LogP contribution in [0.3, 0.4) is 0 Å². The number of thiazole rings is 1. The number of aryl methyl sites for hydroxylation is 2. The lowest BCUT2D eigenvalue weighted by Crippen LogP contribution is -2.58. The first-order valence-corrected chi connectivity index (χ1v) is 15.4. The maximum Gasteiger partial charge on any atom is 0.336 e. The minimum atomic E-state index is -1.61. The van der Waals surface area contributed by atoms with Crippen molar-refractivity contribution in [3.63, 3.8) is 0 Å². The number of aliphatic carboxylic acids is 1. The standard InChI is InChI=1S/C32H39N3O4S/c1-21-6-11-29(39-19-24-8-7-23(15-22(24)2)16-34-12-4-3-5-13-34)27(14-21)28-20-40-31(33-28)35-17-25-9-10-26(18-35)32(25,38)30(36)37/h6-8,11,14-15,20,25-26,38H,3-5,9-10,12-13,16-19H2,1-2H3,(H,36,37). The molecule has 8 heteroatoms. The number of hydrogen-bond acceptors (Lipinski definition) is 7. The summed E-state index contributed by atoms with van der Waals surface area (Å²) in [4.78, 5) is 21.5. The van der Waals surface area contributed by atoms with Gasteiger partial charge in [0.15, 0.2) is 10.7 Å². The number of rotatable bonds is 8. The molecule has 3 fully saturated rings. The number of ether oxygens (including phenoxy) is 1. The predicted molar refractivity (Wildman–Crippen MR) is 158 cm³/mol. The lowest BCUT2D eigenvalue weighted by atomic mass is 9.80. The Morgan fingerprint density at radius 1 is 1.07 bits per heavy atom. The molecule has 212 valence electrons. The van der Waals surface area contributed by atoms with Gasteiger partial charge in [-0.15, -0.1) is 11.3 Å². The average Bonchev–Trinajstić information content (AvgIpc) is 3.48. The van der Waals surface area contributed by atoms with Crippen LogP contribution < -0.4 is 9.64 Å². The summed E-state index contributed by atoms with van der Waals surface area (Å²) >= 11 is 1.56. The second-order valence-electron chi connectivity index (χ2n) is 11.9. The molecular formula is C32H39N3O4S. The molecule has 0 radical (unpaired) electrons. The Hall–Kier alpha value is -2.94. The molecule has 1 aliphatic carbocycles. The number of piperidine rings is 2. The fourth-order valence-electron chi connectivity index (χ4n) is 6.80. The molecule has 3 aliphatic rings. The minimum absolute atomic E-state index is 0.275. The average molecular weight is 562 g/mol. The highest BCUT2D eigenvalue weighted by molar-refractivity contribution is 7.14. The molecule has 3 heterocycles. The van der Waals surface area contributed by atoms with E-state index >= 15 is 0 Å². The van der Waals surface area contributed by atoms with Crippen LogP contribution in [0.5, 0.6) is 5.75 Å². The molecule has 2 N–H and O–H groups in total. The summed E-state index contributed by atoms with van der Waals surface area (Å²) in [6.45, 7) is 9.16. The van der Waals surface area contributed by atoms with Crippen molar-refractivity contribution >= 4 is 22.4 Å². The summed E-state index contributed by atoms with van der Waals surface area (Å²) in [5, 5.41) is 23.5. The van der Waals surface area contributed by atoms with E-state index in [2.05, 4.69) is 59.4 Å². The summed E-state index contributed by atoms with van der Waals surface area (Å²) in [5.41, 5.74) is 5.14. The number of hydrogen-bond donors (Lipinski definition) is 2. The van der Waals surface area contributed by atoms with Crippen molar-refractivity contribution < 1.29 is 19.7 Å². The van der Waals surface area contributed by atoms with Gasteiger partial charge in [-0.1, -0.05) is 36.2 Å². The Morgan fingerprint density at radius 2 is 1.82 bits per heavy atom. The third-order valence-corrected chi connectivity index (χ3v) is 10.1. The smallest absolute Gasteiger partial charge is 0.336 e. The first-order valence-electron chi connectivity index (χ1n) is 14.5. The van der Waals surface area contributed by atoms with Crippen LogP contribution in [-0.4, -0.2) is 57.8 Å². The number of anilines is 1. The van der Waals surface area contributed by atoms with E-state index in [0.29, 0.717) is 19.7 Å². The Labute approximate surface area is 240 Å². The van der Waals surface area contributed by atoms with Crippen LogP contribution in [0.1, 0.15) is 54.4 Å². The monoisotopic (exact) mass is 561 g/mol. The number of aliphatic hydroxyl groups is 1. The topological polar surface area (TPSA) is 86.1 Å². The Kier molecular flexibility index (Phi) is 7.59. The van der Waals surface area contributed by atoms with Gasteiger partial charge in [0.25, 0.3) is 0 Å². The summed E-state index contributed by atoms with van der Waals surface area (Å²) in [7, 11) is 0. The highest BCUT2D eigenvalue weighted by Crippen LogP contribution is 2.47. The van der Waals surface area contributed by atoms with Crippen LogP contribution in [0, 0.1) is 25.7 Å². The lowest BCUT2D eigenvalue weighted by molar-refractivity contribution is -0.169. The zero-order chi connectivity index (χ0) is 27.9. The number of carboxylic acid groups (broad SMARTS) is 1.